The third-order valence-corrected chi connectivity index (χ3v) is 5.86. The normalized spacial score (nSPS) is 25.5. The summed E-state index contributed by atoms with van der Waals surface area (Å²) < 4.78 is 1.13. The van der Waals surface area contributed by atoms with Crippen LogP contribution in [0.2, 0.25) is 0 Å². The number of benzene rings is 1. The molecule has 0 bridgehead atoms. The smallest absolute Gasteiger partial charge is 0.0307 e. The summed E-state index contributed by atoms with van der Waals surface area (Å²) in [5.74, 6) is 0.967. The van der Waals surface area contributed by atoms with Gasteiger partial charge in [-0.25, -0.2) is 0 Å². The van der Waals surface area contributed by atoms with E-state index in [0.29, 0.717) is 0 Å². The van der Waals surface area contributed by atoms with E-state index in [9.17, 15) is 0 Å². The van der Waals surface area contributed by atoms with Gasteiger partial charge in [0.1, 0.15) is 0 Å². The molecule has 2 aliphatic rings. The van der Waals surface area contributed by atoms with E-state index in [1.54, 1.807) is 0 Å². The first-order valence-electron chi connectivity index (χ1n) is 8.49. The molecule has 1 aromatic carbocycles. The molecular weight excluding hydrogens is 324 g/mol. The number of likely N-dealkylation sites (tertiary alicyclic amines) is 1. The van der Waals surface area contributed by atoms with Gasteiger partial charge >= 0.3 is 0 Å². The van der Waals surface area contributed by atoms with Gasteiger partial charge in [-0.3, -0.25) is 0 Å². The molecule has 2 unspecified atom stereocenters. The molecule has 1 aliphatic heterocycles. The zero-order chi connectivity index (χ0) is 14.7. The van der Waals surface area contributed by atoms with Gasteiger partial charge in [0.25, 0.3) is 0 Å². The molecule has 1 heterocycles. The van der Waals surface area contributed by atoms with Crippen molar-refractivity contribution in [3.05, 3.63) is 34.3 Å². The molecule has 116 valence electrons. The zero-order valence-electron chi connectivity index (χ0n) is 12.8. The third-order valence-electron chi connectivity index (χ3n) is 5.36. The molecule has 2 N–H and O–H groups in total. The van der Waals surface area contributed by atoms with Gasteiger partial charge in [0.2, 0.25) is 0 Å². The summed E-state index contributed by atoms with van der Waals surface area (Å²) in [4.78, 5) is 2.73. The molecule has 3 heteroatoms. The number of nitrogens with zero attached hydrogens (tertiary/aromatic N) is 1. The van der Waals surface area contributed by atoms with Gasteiger partial charge in [-0.2, -0.15) is 0 Å². The van der Waals surface area contributed by atoms with Gasteiger partial charge in [-0.15, -0.1) is 0 Å². The summed E-state index contributed by atoms with van der Waals surface area (Å²) in [6.07, 6.45) is 9.68. The first-order chi connectivity index (χ1) is 10.2. The van der Waals surface area contributed by atoms with E-state index in [1.807, 2.05) is 0 Å². The Morgan fingerprint density at radius 3 is 2.76 bits per heavy atom. The van der Waals surface area contributed by atoms with Crippen LogP contribution in [0, 0.1) is 5.92 Å². The second kappa shape index (κ2) is 7.26. The first-order valence-corrected chi connectivity index (χ1v) is 9.28. The fourth-order valence-electron chi connectivity index (χ4n) is 4.21. The van der Waals surface area contributed by atoms with E-state index >= 15 is 0 Å². The average Bonchev–Trinajstić information content (AvgIpc) is 3.15. The maximum atomic E-state index is 6.39. The van der Waals surface area contributed by atoms with Crippen molar-refractivity contribution in [3.63, 3.8) is 0 Å². The van der Waals surface area contributed by atoms with Gasteiger partial charge in [0, 0.05) is 23.1 Å². The van der Waals surface area contributed by atoms with Crippen molar-refractivity contribution in [2.45, 2.75) is 57.0 Å². The van der Waals surface area contributed by atoms with Crippen molar-refractivity contribution < 1.29 is 0 Å². The van der Waals surface area contributed by atoms with Crippen molar-refractivity contribution in [1.82, 2.24) is 4.90 Å². The lowest BCUT2D eigenvalue weighted by Crippen LogP contribution is -2.36. The molecule has 0 aromatic heterocycles. The Kier molecular flexibility index (Phi) is 5.36. The second-order valence-corrected chi connectivity index (χ2v) is 7.66. The number of halogens is 1. The molecular formula is C18H27BrN2. The van der Waals surface area contributed by atoms with E-state index < -0.39 is 0 Å². The predicted octanol–water partition coefficient (Wildman–Crippen LogP) is 4.49. The van der Waals surface area contributed by atoms with Crippen molar-refractivity contribution in [2.75, 3.05) is 13.1 Å². The van der Waals surface area contributed by atoms with Crippen LogP contribution in [0.15, 0.2) is 28.7 Å². The van der Waals surface area contributed by atoms with E-state index in [4.69, 9.17) is 5.73 Å². The van der Waals surface area contributed by atoms with Gasteiger partial charge in [-0.1, -0.05) is 40.9 Å². The maximum Gasteiger partial charge on any atom is 0.0307 e. The Balaban J connectivity index is 1.54. The molecule has 1 aromatic rings. The quantitative estimate of drug-likeness (QED) is 0.847. The van der Waals surface area contributed by atoms with Crippen LogP contribution in [0.3, 0.4) is 0 Å². The maximum absolute atomic E-state index is 6.39. The Bertz CT molecular complexity index is 456. The fourth-order valence-corrected chi connectivity index (χ4v) is 4.63. The lowest BCUT2D eigenvalue weighted by atomic mass is 9.95. The van der Waals surface area contributed by atoms with E-state index in [-0.39, 0.29) is 6.04 Å². The highest BCUT2D eigenvalue weighted by molar-refractivity contribution is 9.10. The standard InChI is InChI=1S/C18H27BrN2/c19-16-8-3-7-15(13-16)17(20)10-12-21-11-4-9-18(21)14-5-1-2-6-14/h3,7-8,13-14,17-18H,1-2,4-6,9-12,20H2. The minimum Gasteiger partial charge on any atom is -0.324 e. The van der Waals surface area contributed by atoms with Crippen LogP contribution in [0.1, 0.15) is 56.6 Å². The molecule has 0 amide bonds. The van der Waals surface area contributed by atoms with Crippen LogP contribution in [-0.2, 0) is 0 Å². The molecule has 0 radical (unpaired) electrons. The van der Waals surface area contributed by atoms with Gasteiger partial charge in [-0.05, 0) is 62.3 Å². The van der Waals surface area contributed by atoms with Crippen LogP contribution < -0.4 is 5.73 Å². The Morgan fingerprint density at radius 1 is 1.19 bits per heavy atom. The lowest BCUT2D eigenvalue weighted by molar-refractivity contribution is 0.185. The van der Waals surface area contributed by atoms with E-state index in [0.717, 1.165) is 29.4 Å². The van der Waals surface area contributed by atoms with Crippen LogP contribution in [-0.4, -0.2) is 24.0 Å². The number of nitrogens with two attached hydrogens (primary N) is 1. The molecule has 3 rings (SSSR count). The Labute approximate surface area is 137 Å². The second-order valence-electron chi connectivity index (χ2n) is 6.74. The Hall–Kier alpha value is -0.380. The predicted molar refractivity (Wildman–Crippen MR) is 92.2 cm³/mol. The van der Waals surface area contributed by atoms with Crippen molar-refractivity contribution in [1.29, 1.82) is 0 Å². The molecule has 1 aliphatic carbocycles. The van der Waals surface area contributed by atoms with Gasteiger partial charge < -0.3 is 10.6 Å². The highest BCUT2D eigenvalue weighted by Gasteiger charge is 2.32. The number of rotatable bonds is 5. The summed E-state index contributed by atoms with van der Waals surface area (Å²) >= 11 is 3.54. The molecule has 21 heavy (non-hydrogen) atoms. The molecule has 2 nitrogen and oxygen atoms in total. The van der Waals surface area contributed by atoms with Crippen LogP contribution in [0.25, 0.3) is 0 Å². The fraction of sp³-hybridized carbons (Fsp3) is 0.667. The minimum atomic E-state index is 0.160. The highest BCUT2D eigenvalue weighted by Crippen LogP contribution is 2.35. The third kappa shape index (κ3) is 3.88. The van der Waals surface area contributed by atoms with Crippen LogP contribution >= 0.6 is 15.9 Å². The molecule has 0 spiro atoms. The van der Waals surface area contributed by atoms with Crippen molar-refractivity contribution >= 4 is 15.9 Å². The molecule has 1 saturated carbocycles. The average molecular weight is 351 g/mol. The minimum absolute atomic E-state index is 0.160. The zero-order valence-corrected chi connectivity index (χ0v) is 14.4. The summed E-state index contributed by atoms with van der Waals surface area (Å²) in [6, 6.07) is 9.45. The van der Waals surface area contributed by atoms with Crippen LogP contribution in [0.4, 0.5) is 0 Å². The largest absolute Gasteiger partial charge is 0.324 e. The number of hydrogen-bond acceptors (Lipinski definition) is 2. The molecule has 2 atom stereocenters. The monoisotopic (exact) mass is 350 g/mol. The van der Waals surface area contributed by atoms with E-state index in [1.165, 1.54) is 50.6 Å². The summed E-state index contributed by atoms with van der Waals surface area (Å²) in [7, 11) is 0. The van der Waals surface area contributed by atoms with Crippen LogP contribution in [0.5, 0.6) is 0 Å². The van der Waals surface area contributed by atoms with Crippen molar-refractivity contribution in [3.8, 4) is 0 Å². The summed E-state index contributed by atoms with van der Waals surface area (Å²) in [6.45, 7) is 2.45. The highest BCUT2D eigenvalue weighted by atomic mass is 79.9. The Morgan fingerprint density at radius 2 is 2.00 bits per heavy atom. The summed E-state index contributed by atoms with van der Waals surface area (Å²) in [5, 5.41) is 0. The lowest BCUT2D eigenvalue weighted by Gasteiger charge is -2.30. The van der Waals surface area contributed by atoms with Gasteiger partial charge in [0.15, 0.2) is 0 Å². The molecule has 1 saturated heterocycles. The summed E-state index contributed by atoms with van der Waals surface area (Å²) in [5.41, 5.74) is 7.64. The number of hydrogen-bond donors (Lipinski definition) is 1. The van der Waals surface area contributed by atoms with Crippen molar-refractivity contribution in [2.24, 2.45) is 11.7 Å². The molecule has 2 fully saturated rings. The van der Waals surface area contributed by atoms with E-state index in [2.05, 4.69) is 45.1 Å². The first kappa shape index (κ1) is 15.5. The SMILES string of the molecule is NC(CCN1CCCC1C1CCCC1)c1cccc(Br)c1. The topological polar surface area (TPSA) is 29.3 Å². The van der Waals surface area contributed by atoms with Gasteiger partial charge in [0.05, 0.1) is 0 Å².